The van der Waals surface area contributed by atoms with E-state index in [2.05, 4.69) is 14.7 Å². The van der Waals surface area contributed by atoms with Gasteiger partial charge in [-0.05, 0) is 47.9 Å². The number of rotatable bonds is 10. The molecule has 204 valence electrons. The summed E-state index contributed by atoms with van der Waals surface area (Å²) in [5, 5.41) is 10.5. The molecule has 1 heterocycles. The largest absolute Gasteiger partial charge is 0.469 e. The number of aliphatic hydroxyl groups excluding tert-OH is 1. The minimum atomic E-state index is -3.62. The lowest BCUT2D eigenvalue weighted by Gasteiger charge is -2.30. The molecular formula is C27H38FN3O5S. The molecule has 2 aromatic rings. The highest BCUT2D eigenvalue weighted by molar-refractivity contribution is 7.92. The van der Waals surface area contributed by atoms with E-state index in [1.165, 1.54) is 26.3 Å². The maximum Gasteiger partial charge on any atom is 0.308 e. The van der Waals surface area contributed by atoms with Crippen LogP contribution in [0.3, 0.4) is 0 Å². The maximum atomic E-state index is 13.7. The van der Waals surface area contributed by atoms with E-state index in [9.17, 15) is 22.7 Å². The molecule has 0 fully saturated rings. The SMILES string of the molecule is COC(=O)CC(O)CC(/C=C/c1c(-c2ccc(F)cc2)nc(N(C)S(C)(=O)=O)nc1C(C)C)C(C)(C)C. The van der Waals surface area contributed by atoms with Gasteiger partial charge in [-0.1, -0.05) is 46.8 Å². The molecule has 0 saturated heterocycles. The molecule has 10 heteroatoms. The molecule has 37 heavy (non-hydrogen) atoms. The monoisotopic (exact) mass is 535 g/mol. The Morgan fingerprint density at radius 2 is 1.78 bits per heavy atom. The predicted octanol–water partition coefficient (Wildman–Crippen LogP) is 4.79. The Morgan fingerprint density at radius 3 is 2.27 bits per heavy atom. The molecule has 1 aromatic carbocycles. The van der Waals surface area contributed by atoms with Gasteiger partial charge in [0.2, 0.25) is 16.0 Å². The van der Waals surface area contributed by atoms with Crippen molar-refractivity contribution < 1.29 is 27.4 Å². The van der Waals surface area contributed by atoms with Gasteiger partial charge >= 0.3 is 5.97 Å². The van der Waals surface area contributed by atoms with Gasteiger partial charge in [0, 0.05) is 18.2 Å². The van der Waals surface area contributed by atoms with Gasteiger partial charge in [-0.2, -0.15) is 0 Å². The van der Waals surface area contributed by atoms with Crippen molar-refractivity contribution in [2.24, 2.45) is 11.3 Å². The van der Waals surface area contributed by atoms with Gasteiger partial charge in [0.05, 0.1) is 37.3 Å². The van der Waals surface area contributed by atoms with Crippen LogP contribution in [0.5, 0.6) is 0 Å². The van der Waals surface area contributed by atoms with Crippen molar-refractivity contribution in [2.45, 2.75) is 59.5 Å². The highest BCUT2D eigenvalue weighted by Gasteiger charge is 2.27. The zero-order valence-corrected chi connectivity index (χ0v) is 23.6. The molecule has 0 radical (unpaired) electrons. The van der Waals surface area contributed by atoms with Crippen LogP contribution in [0.1, 0.15) is 64.6 Å². The van der Waals surface area contributed by atoms with E-state index < -0.39 is 27.9 Å². The highest BCUT2D eigenvalue weighted by atomic mass is 32.2. The van der Waals surface area contributed by atoms with Crippen molar-refractivity contribution in [1.82, 2.24) is 9.97 Å². The van der Waals surface area contributed by atoms with Gasteiger partial charge in [0.15, 0.2) is 0 Å². The fourth-order valence-corrected chi connectivity index (χ4v) is 4.16. The molecule has 0 aliphatic carbocycles. The summed E-state index contributed by atoms with van der Waals surface area (Å²) in [5.74, 6) is -1.09. The second-order valence-corrected chi connectivity index (χ2v) is 12.6. The molecule has 8 nitrogen and oxygen atoms in total. The fourth-order valence-electron chi connectivity index (χ4n) is 3.78. The molecule has 0 amide bonds. The van der Waals surface area contributed by atoms with Crippen LogP contribution < -0.4 is 4.31 Å². The Balaban J connectivity index is 2.70. The smallest absolute Gasteiger partial charge is 0.308 e. The average molecular weight is 536 g/mol. The minimum Gasteiger partial charge on any atom is -0.469 e. The van der Waals surface area contributed by atoms with Crippen molar-refractivity contribution in [1.29, 1.82) is 0 Å². The van der Waals surface area contributed by atoms with Crippen molar-refractivity contribution in [3.63, 3.8) is 0 Å². The Hall–Kier alpha value is -2.85. The Kier molecular flexibility index (Phi) is 9.96. The van der Waals surface area contributed by atoms with Crippen molar-refractivity contribution in [2.75, 3.05) is 24.7 Å². The quantitative estimate of drug-likeness (QED) is 0.436. The van der Waals surface area contributed by atoms with Gasteiger partial charge in [-0.3, -0.25) is 4.79 Å². The molecule has 1 aromatic heterocycles. The van der Waals surface area contributed by atoms with Crippen LogP contribution in [0.25, 0.3) is 17.3 Å². The first-order valence-electron chi connectivity index (χ1n) is 12.1. The number of methoxy groups -OCH3 is 1. The Morgan fingerprint density at radius 1 is 1.19 bits per heavy atom. The van der Waals surface area contributed by atoms with Crippen LogP contribution in [-0.2, 0) is 19.6 Å². The molecule has 0 aliphatic rings. The molecule has 2 rings (SSSR count). The van der Waals surface area contributed by atoms with E-state index in [0.717, 1.165) is 10.6 Å². The summed E-state index contributed by atoms with van der Waals surface area (Å²) in [7, 11) is -0.954. The first kappa shape index (κ1) is 30.4. The predicted molar refractivity (Wildman–Crippen MR) is 144 cm³/mol. The number of aromatic nitrogens is 2. The van der Waals surface area contributed by atoms with E-state index in [0.29, 0.717) is 28.9 Å². The molecular weight excluding hydrogens is 497 g/mol. The number of esters is 1. The summed E-state index contributed by atoms with van der Waals surface area (Å²) in [5.41, 5.74) is 2.11. The lowest BCUT2D eigenvalue weighted by Crippen LogP contribution is -2.27. The third-order valence-corrected chi connectivity index (χ3v) is 7.33. The number of ether oxygens (including phenoxy) is 1. The van der Waals surface area contributed by atoms with Crippen LogP contribution in [0, 0.1) is 17.2 Å². The van der Waals surface area contributed by atoms with E-state index in [4.69, 9.17) is 0 Å². The number of hydrogen-bond acceptors (Lipinski definition) is 7. The highest BCUT2D eigenvalue weighted by Crippen LogP contribution is 2.35. The summed E-state index contributed by atoms with van der Waals surface area (Å²) < 4.78 is 43.9. The third kappa shape index (κ3) is 8.33. The molecule has 0 spiro atoms. The first-order chi connectivity index (χ1) is 17.0. The van der Waals surface area contributed by atoms with Crippen LogP contribution in [-0.4, -0.2) is 56.0 Å². The second-order valence-electron chi connectivity index (χ2n) is 10.6. The molecule has 2 atom stereocenters. The third-order valence-electron chi connectivity index (χ3n) is 6.17. The first-order valence-corrected chi connectivity index (χ1v) is 13.9. The number of aliphatic hydroxyl groups is 1. The van der Waals surface area contributed by atoms with Gasteiger partial charge in [-0.25, -0.2) is 27.1 Å². The number of sulfonamides is 1. The number of halogens is 1. The number of nitrogens with zero attached hydrogens (tertiary/aromatic N) is 3. The summed E-state index contributed by atoms with van der Waals surface area (Å²) in [6.45, 7) is 10.0. The van der Waals surface area contributed by atoms with Crippen LogP contribution in [0.2, 0.25) is 0 Å². The lowest BCUT2D eigenvalue weighted by molar-refractivity contribution is -0.143. The fraction of sp³-hybridized carbons (Fsp3) is 0.519. The number of hydrogen-bond donors (Lipinski definition) is 1. The molecule has 2 unspecified atom stereocenters. The average Bonchev–Trinajstić information content (AvgIpc) is 2.79. The van der Waals surface area contributed by atoms with Gasteiger partial charge in [0.1, 0.15) is 5.82 Å². The van der Waals surface area contributed by atoms with Gasteiger partial charge < -0.3 is 9.84 Å². The van der Waals surface area contributed by atoms with E-state index in [1.54, 1.807) is 12.1 Å². The number of benzene rings is 1. The van der Waals surface area contributed by atoms with Crippen LogP contribution in [0.15, 0.2) is 30.3 Å². The summed E-state index contributed by atoms with van der Waals surface area (Å²) in [4.78, 5) is 20.8. The summed E-state index contributed by atoms with van der Waals surface area (Å²) in [6, 6.07) is 5.82. The minimum absolute atomic E-state index is 0.0172. The maximum absolute atomic E-state index is 13.7. The normalized spacial score (nSPS) is 14.1. The number of carbonyl (C=O) groups is 1. The molecule has 0 saturated carbocycles. The second kappa shape index (κ2) is 12.1. The summed E-state index contributed by atoms with van der Waals surface area (Å²) in [6.07, 6.45) is 4.24. The van der Waals surface area contributed by atoms with E-state index >= 15 is 0 Å². The van der Waals surface area contributed by atoms with Crippen molar-refractivity contribution in [3.8, 4) is 11.3 Å². The zero-order chi connectivity index (χ0) is 28.1. The van der Waals surface area contributed by atoms with Crippen molar-refractivity contribution in [3.05, 3.63) is 47.4 Å². The van der Waals surface area contributed by atoms with E-state index in [1.807, 2.05) is 46.8 Å². The Labute approximate surface area is 219 Å². The lowest BCUT2D eigenvalue weighted by atomic mass is 9.76. The topological polar surface area (TPSA) is 110 Å². The molecule has 0 bridgehead atoms. The Bertz CT molecular complexity index is 1220. The number of anilines is 1. The van der Waals surface area contributed by atoms with Crippen LogP contribution >= 0.6 is 0 Å². The van der Waals surface area contributed by atoms with E-state index in [-0.39, 0.29) is 29.6 Å². The van der Waals surface area contributed by atoms with Crippen LogP contribution in [0.4, 0.5) is 10.3 Å². The number of carbonyl (C=O) groups excluding carboxylic acids is 1. The molecule has 1 N–H and O–H groups in total. The zero-order valence-electron chi connectivity index (χ0n) is 22.8. The standard InChI is InChI=1S/C27H38FN3O5S/c1-17(2)24-22(14-11-19(27(3,4)5)15-21(32)16-23(33)36-7)25(18-9-12-20(28)13-10-18)30-26(29-24)31(6)37(8,34)35/h9-14,17,19,21,32H,15-16H2,1-8H3/b14-11+. The number of allylic oxidation sites excluding steroid dienone is 1. The molecule has 0 aliphatic heterocycles. The van der Waals surface area contributed by atoms with Gasteiger partial charge in [0.25, 0.3) is 0 Å². The summed E-state index contributed by atoms with van der Waals surface area (Å²) >= 11 is 0. The van der Waals surface area contributed by atoms with Gasteiger partial charge in [-0.15, -0.1) is 0 Å². The van der Waals surface area contributed by atoms with Crippen molar-refractivity contribution >= 4 is 28.0 Å².